The predicted octanol–water partition coefficient (Wildman–Crippen LogP) is 4.62. The minimum absolute atomic E-state index is 0.0760. The van der Waals surface area contributed by atoms with Crippen molar-refractivity contribution < 1.29 is 64.7 Å². The molecule has 0 aliphatic carbocycles. The van der Waals surface area contributed by atoms with Gasteiger partial charge in [0.1, 0.15) is 11.9 Å². The van der Waals surface area contributed by atoms with Crippen LogP contribution in [0.4, 0.5) is 0 Å². The quantitative estimate of drug-likeness (QED) is 0.0419. The smallest absolute Gasteiger partial charge is 0.413 e. The van der Waals surface area contributed by atoms with E-state index in [1.807, 2.05) is 79.7 Å². The Hall–Kier alpha value is -4.66. The third-order valence-corrected chi connectivity index (χ3v) is 9.99. The summed E-state index contributed by atoms with van der Waals surface area (Å²) in [6.07, 6.45) is -7.78. The van der Waals surface area contributed by atoms with Crippen LogP contribution in [0.2, 0.25) is 0 Å². The molecule has 0 bridgehead atoms. The van der Waals surface area contributed by atoms with Crippen LogP contribution in [0.1, 0.15) is 37.5 Å². The van der Waals surface area contributed by atoms with Crippen molar-refractivity contribution in [1.82, 2.24) is 5.48 Å². The maximum absolute atomic E-state index is 13.1. The first-order chi connectivity index (χ1) is 27.9. The van der Waals surface area contributed by atoms with Crippen LogP contribution in [0, 0.1) is 11.8 Å². The third-order valence-electron chi connectivity index (χ3n) is 9.69. The zero-order chi connectivity index (χ0) is 41.7. The van der Waals surface area contributed by atoms with E-state index in [1.165, 1.54) is 6.92 Å². The number of carbonyl (C=O) groups excluding carboxylic acids is 2. The fraction of sp³-hybridized carbons (Fsp3) is 0.487. The predicted molar refractivity (Wildman–Crippen MR) is 204 cm³/mol. The van der Waals surface area contributed by atoms with Gasteiger partial charge in [-0.15, -0.1) is 0 Å². The molecule has 10 atom stereocenters. The Bertz CT molecular complexity index is 1920. The number of rotatable bonds is 19. The Kier molecular flexibility index (Phi) is 16.4. The van der Waals surface area contributed by atoms with Crippen LogP contribution >= 0.6 is 0 Å². The van der Waals surface area contributed by atoms with Gasteiger partial charge in [0, 0.05) is 30.2 Å². The summed E-state index contributed by atoms with van der Waals surface area (Å²) in [5.74, 6) is -2.73. The molecule has 3 aromatic rings. The first-order valence-electron chi connectivity index (χ1n) is 18.5. The number of nitrogens with zero attached hydrogens (tertiary/aromatic N) is 3. The molecule has 4 unspecified atom stereocenters. The van der Waals surface area contributed by atoms with E-state index in [1.54, 1.807) is 12.1 Å². The van der Waals surface area contributed by atoms with Gasteiger partial charge in [-0.2, -0.15) is 18.2 Å². The maximum Gasteiger partial charge on any atom is 0.413 e. The van der Waals surface area contributed by atoms with Crippen LogP contribution in [0.3, 0.4) is 0 Å². The van der Waals surface area contributed by atoms with Gasteiger partial charge in [-0.25, -0.2) is 4.79 Å². The molecule has 0 saturated carbocycles. The first-order valence-corrected chi connectivity index (χ1v) is 19.9. The van der Waals surface area contributed by atoms with Gasteiger partial charge in [0.05, 0.1) is 45.2 Å². The lowest BCUT2D eigenvalue weighted by molar-refractivity contribution is -0.338. The molecule has 18 nitrogen and oxygen atoms in total. The van der Waals surface area contributed by atoms with Crippen LogP contribution in [0.5, 0.6) is 5.75 Å². The van der Waals surface area contributed by atoms with Crippen molar-refractivity contribution in [2.75, 3.05) is 20.3 Å². The van der Waals surface area contributed by atoms with Gasteiger partial charge in [-0.1, -0.05) is 91.8 Å². The number of esters is 2. The standard InChI is InChI=1S/C39H48N4O14S/c1-24-31(23-50-21-28-11-7-5-8-12-28)54-39(53-30-17-15-27(16-18-30)19-20-41-43-40)36(51-22-29-13-9-6-10-14-29)33(24)55-38-35(52-26(3)44)32(42-57-58(46,47)48)25(2)34(56-38)37(45)49-4/h5-18,24-25,31-36,38-39,42H,19-23H2,1-4H3,(H,46,47,48)/t24-,25-,31?,32-,33-,34?,35?,36?,38+,39+/m0/s1. The highest BCUT2D eigenvalue weighted by Crippen LogP contribution is 2.37. The van der Waals surface area contributed by atoms with E-state index in [0.29, 0.717) is 12.2 Å². The number of methoxy groups -OCH3 is 1. The molecule has 2 saturated heterocycles. The van der Waals surface area contributed by atoms with Crippen LogP contribution < -0.4 is 10.2 Å². The molecule has 2 aliphatic rings. The summed E-state index contributed by atoms with van der Waals surface area (Å²) in [5, 5.41) is 3.60. The summed E-state index contributed by atoms with van der Waals surface area (Å²) in [5.41, 5.74) is 13.6. The molecule has 0 radical (unpaired) electrons. The lowest BCUT2D eigenvalue weighted by Gasteiger charge is -2.49. The van der Waals surface area contributed by atoms with E-state index in [9.17, 15) is 22.6 Å². The fourth-order valence-corrected chi connectivity index (χ4v) is 6.92. The third kappa shape index (κ3) is 12.7. The number of ether oxygens (including phenoxy) is 8. The second kappa shape index (κ2) is 21.4. The topological polar surface area (TPSA) is 232 Å². The molecule has 0 aromatic heterocycles. The van der Waals surface area contributed by atoms with Crippen molar-refractivity contribution in [3.8, 4) is 5.75 Å². The summed E-state index contributed by atoms with van der Waals surface area (Å²) >= 11 is 0. The normalized spacial score (nSPS) is 27.2. The van der Waals surface area contributed by atoms with E-state index in [2.05, 4.69) is 19.8 Å². The number of benzene rings is 3. The zero-order valence-electron chi connectivity index (χ0n) is 32.4. The molecule has 314 valence electrons. The Labute approximate surface area is 336 Å². The van der Waals surface area contributed by atoms with Gasteiger partial charge in [-0.3, -0.25) is 9.35 Å². The Morgan fingerprint density at radius 1 is 0.862 bits per heavy atom. The van der Waals surface area contributed by atoms with Crippen molar-refractivity contribution in [3.05, 3.63) is 112 Å². The molecule has 2 aliphatic heterocycles. The fourth-order valence-electron chi connectivity index (χ4n) is 6.69. The molecular weight excluding hydrogens is 781 g/mol. The van der Waals surface area contributed by atoms with Crippen molar-refractivity contribution in [3.63, 3.8) is 0 Å². The minimum Gasteiger partial charge on any atom is -0.467 e. The van der Waals surface area contributed by atoms with Gasteiger partial charge in [0.2, 0.25) is 6.29 Å². The van der Waals surface area contributed by atoms with E-state index in [4.69, 9.17) is 43.4 Å². The van der Waals surface area contributed by atoms with Gasteiger partial charge >= 0.3 is 22.3 Å². The summed E-state index contributed by atoms with van der Waals surface area (Å²) < 4.78 is 86.7. The van der Waals surface area contributed by atoms with E-state index in [0.717, 1.165) is 30.7 Å². The van der Waals surface area contributed by atoms with Gasteiger partial charge < -0.3 is 37.9 Å². The van der Waals surface area contributed by atoms with Crippen molar-refractivity contribution in [1.29, 1.82) is 0 Å². The maximum atomic E-state index is 13.1. The molecule has 2 fully saturated rings. The number of hydrogen-bond donors (Lipinski definition) is 2. The summed E-state index contributed by atoms with van der Waals surface area (Å²) in [6.45, 7) is 5.20. The molecule has 2 heterocycles. The second-order valence-corrected chi connectivity index (χ2v) is 14.8. The van der Waals surface area contributed by atoms with Crippen LogP contribution in [0.25, 0.3) is 10.4 Å². The minimum atomic E-state index is -5.06. The molecule has 19 heteroatoms. The highest BCUT2D eigenvalue weighted by Gasteiger charge is 2.54. The van der Waals surface area contributed by atoms with Gasteiger partial charge in [0.15, 0.2) is 18.5 Å². The van der Waals surface area contributed by atoms with Gasteiger partial charge in [-0.05, 0) is 40.8 Å². The monoisotopic (exact) mass is 828 g/mol. The molecule has 0 spiro atoms. The number of hydrogen-bond acceptors (Lipinski definition) is 15. The number of carbonyl (C=O) groups is 2. The van der Waals surface area contributed by atoms with E-state index >= 15 is 0 Å². The largest absolute Gasteiger partial charge is 0.467 e. The average molecular weight is 829 g/mol. The Morgan fingerprint density at radius 2 is 1.52 bits per heavy atom. The van der Waals surface area contributed by atoms with Crippen LogP contribution in [-0.4, -0.2) is 94.3 Å². The van der Waals surface area contributed by atoms with Crippen LogP contribution in [-0.2, 0) is 77.1 Å². The number of nitrogens with one attached hydrogen (secondary N) is 1. The van der Waals surface area contributed by atoms with Gasteiger partial charge in [0.25, 0.3) is 0 Å². The van der Waals surface area contributed by atoms with E-state index in [-0.39, 0.29) is 26.4 Å². The van der Waals surface area contributed by atoms with Crippen molar-refractivity contribution >= 4 is 22.3 Å². The zero-order valence-corrected chi connectivity index (χ0v) is 33.2. The summed E-state index contributed by atoms with van der Waals surface area (Å²) in [4.78, 5) is 28.4. The van der Waals surface area contributed by atoms with E-state index < -0.39 is 83.3 Å². The molecular formula is C39H48N4O14S. The highest BCUT2D eigenvalue weighted by atomic mass is 32.3. The SMILES string of the molecule is COC(=O)C1O[C@@H](O[C@@H]2C(OCc3ccccc3)[C@H](Oc3ccc(CCN=[N+]=[N-])cc3)OC(COCc3ccccc3)[C@@H]2C)C(OC(C)=O)[C@@H](NOS(=O)(=O)O)[C@@H]1C. The Balaban J connectivity index is 1.52. The van der Waals surface area contributed by atoms with Crippen molar-refractivity contribution in [2.24, 2.45) is 17.0 Å². The van der Waals surface area contributed by atoms with Crippen molar-refractivity contribution in [2.45, 2.75) is 89.5 Å². The summed E-state index contributed by atoms with van der Waals surface area (Å²) in [7, 11) is -3.91. The second-order valence-electron chi connectivity index (χ2n) is 13.8. The average Bonchev–Trinajstić information content (AvgIpc) is 3.20. The lowest BCUT2D eigenvalue weighted by atomic mass is 9.87. The molecule has 5 rings (SSSR count). The number of hydroxylamine groups is 1. The number of azide groups is 1. The summed E-state index contributed by atoms with van der Waals surface area (Å²) in [6, 6.07) is 24.7. The highest BCUT2D eigenvalue weighted by molar-refractivity contribution is 7.80. The lowest BCUT2D eigenvalue weighted by Crippen LogP contribution is -2.65. The molecule has 3 aromatic carbocycles. The molecule has 58 heavy (non-hydrogen) atoms. The Morgan fingerprint density at radius 3 is 2.12 bits per heavy atom. The molecule has 2 N–H and O–H groups in total. The first kappa shape index (κ1) is 44.4. The van der Waals surface area contributed by atoms with Crippen LogP contribution in [0.15, 0.2) is 90.0 Å². The molecule has 0 amide bonds.